The summed E-state index contributed by atoms with van der Waals surface area (Å²) in [5, 5.41) is 9.72. The van der Waals surface area contributed by atoms with Crippen LogP contribution in [0, 0.1) is 0 Å². The molecule has 2 heterocycles. The minimum atomic E-state index is -1.08. The zero-order chi connectivity index (χ0) is 21.3. The number of nitrogens with zero attached hydrogens (tertiary/aromatic N) is 3. The summed E-state index contributed by atoms with van der Waals surface area (Å²) in [7, 11) is 0. The summed E-state index contributed by atoms with van der Waals surface area (Å²) in [5.74, 6) is -1.08. The van der Waals surface area contributed by atoms with E-state index in [1.807, 2.05) is 23.1 Å². The average Bonchev–Trinajstić information content (AvgIpc) is 3.15. The molecule has 1 aromatic heterocycles. The van der Waals surface area contributed by atoms with Crippen LogP contribution in [0.3, 0.4) is 0 Å². The molecule has 0 radical (unpaired) electrons. The summed E-state index contributed by atoms with van der Waals surface area (Å²) in [6.07, 6.45) is 5.05. The minimum absolute atomic E-state index is 0. The van der Waals surface area contributed by atoms with Gasteiger partial charge in [-0.25, -0.2) is 14.6 Å². The fourth-order valence-electron chi connectivity index (χ4n) is 4.70. The molecule has 2 fully saturated rings. The molecule has 1 aliphatic carbocycles. The highest BCUT2D eigenvalue weighted by atomic mass is 35.5. The summed E-state index contributed by atoms with van der Waals surface area (Å²) in [5.41, 5.74) is 7.87. The van der Waals surface area contributed by atoms with Gasteiger partial charge in [0.2, 0.25) is 0 Å². The lowest BCUT2D eigenvalue weighted by Gasteiger charge is -2.42. The topological polar surface area (TPSA) is 99.8 Å². The van der Waals surface area contributed by atoms with E-state index in [2.05, 4.69) is 11.1 Å². The van der Waals surface area contributed by atoms with Gasteiger partial charge in [0.15, 0.2) is 0 Å². The number of hydrogen-bond donors (Lipinski definition) is 2. The Bertz CT molecular complexity index is 946. The first-order valence-corrected chi connectivity index (χ1v) is 10.5. The number of hydrogen-bond acceptors (Lipinski definition) is 4. The second-order valence-corrected chi connectivity index (χ2v) is 8.50. The van der Waals surface area contributed by atoms with Crippen LogP contribution in [0.1, 0.15) is 41.7 Å². The zero-order valence-corrected chi connectivity index (χ0v) is 18.6. The number of anilines is 1. The van der Waals surface area contributed by atoms with Crippen molar-refractivity contribution in [2.45, 2.75) is 37.1 Å². The van der Waals surface area contributed by atoms with E-state index < -0.39 is 5.97 Å². The molecule has 2 aromatic rings. The highest BCUT2D eigenvalue weighted by molar-refractivity contribution is 6.30. The predicted molar refractivity (Wildman–Crippen MR) is 122 cm³/mol. The second-order valence-electron chi connectivity index (χ2n) is 8.06. The molecule has 0 atom stereocenters. The quantitative estimate of drug-likeness (QED) is 0.697. The van der Waals surface area contributed by atoms with E-state index in [0.717, 1.165) is 30.7 Å². The van der Waals surface area contributed by atoms with Crippen LogP contribution < -0.4 is 10.6 Å². The molecule has 0 unspecified atom stereocenters. The normalized spacial score (nSPS) is 23.5. The number of carbonyl (C=O) groups excluding carboxylic acids is 1. The van der Waals surface area contributed by atoms with Gasteiger partial charge in [-0.3, -0.25) is 4.90 Å². The number of aromatic nitrogens is 1. The van der Waals surface area contributed by atoms with Crippen LogP contribution in [0.5, 0.6) is 0 Å². The van der Waals surface area contributed by atoms with E-state index in [9.17, 15) is 9.59 Å². The number of rotatable bonds is 5. The molecule has 1 aromatic carbocycles. The number of amides is 2. The van der Waals surface area contributed by atoms with Crippen molar-refractivity contribution in [3.8, 4) is 0 Å². The molecule has 0 spiro atoms. The standard InChI is InChI=1S/C22H25ClN4O3.ClH/c23-16-3-1-2-15(12-16)22(14-24)8-6-17(7-9-22)26-10-11-27(21(26)30)18-4-5-19(20(28)29)25-13-18;/h1-5,12-13,17H,6-11,14,24H2,(H,28,29);1H. The third kappa shape index (κ3) is 4.49. The Balaban J connectivity index is 0.00000272. The molecule has 1 saturated heterocycles. The van der Waals surface area contributed by atoms with Gasteiger partial charge in [-0.1, -0.05) is 23.7 Å². The number of carboxylic acid groups (broad SMARTS) is 1. The SMILES string of the molecule is Cl.NCC1(c2cccc(Cl)c2)CCC(N2CCN(c3ccc(C(=O)O)nc3)C2=O)CC1. The Morgan fingerprint density at radius 2 is 1.97 bits per heavy atom. The second kappa shape index (κ2) is 9.42. The van der Waals surface area contributed by atoms with Crippen molar-refractivity contribution in [2.24, 2.45) is 5.73 Å². The van der Waals surface area contributed by atoms with Gasteiger partial charge in [0.25, 0.3) is 0 Å². The number of carboxylic acids is 1. The molecule has 9 heteroatoms. The first-order valence-electron chi connectivity index (χ1n) is 10.2. The molecule has 7 nitrogen and oxygen atoms in total. The van der Waals surface area contributed by atoms with E-state index in [-0.39, 0.29) is 35.6 Å². The Morgan fingerprint density at radius 3 is 2.55 bits per heavy atom. The molecule has 4 rings (SSSR count). The summed E-state index contributed by atoms with van der Waals surface area (Å²) >= 11 is 6.20. The molecule has 1 saturated carbocycles. The van der Waals surface area contributed by atoms with E-state index in [1.54, 1.807) is 11.0 Å². The van der Waals surface area contributed by atoms with Crippen LogP contribution >= 0.6 is 24.0 Å². The maximum absolute atomic E-state index is 13.0. The number of urea groups is 1. The van der Waals surface area contributed by atoms with Crippen molar-refractivity contribution < 1.29 is 14.7 Å². The molecule has 0 bridgehead atoms. The lowest BCUT2D eigenvalue weighted by Crippen LogP contribution is -2.46. The third-order valence-electron chi connectivity index (χ3n) is 6.50. The molecule has 3 N–H and O–H groups in total. The van der Waals surface area contributed by atoms with Crippen molar-refractivity contribution in [1.82, 2.24) is 9.88 Å². The van der Waals surface area contributed by atoms with Gasteiger partial charge in [-0.2, -0.15) is 0 Å². The molecular formula is C22H26Cl2N4O3. The number of aromatic carboxylic acids is 1. The Kier molecular flexibility index (Phi) is 7.09. The van der Waals surface area contributed by atoms with Gasteiger partial charge in [-0.05, 0) is 55.5 Å². The number of nitrogens with two attached hydrogens (primary N) is 1. The zero-order valence-electron chi connectivity index (χ0n) is 17.0. The molecule has 166 valence electrons. The first-order chi connectivity index (χ1) is 14.4. The van der Waals surface area contributed by atoms with E-state index in [4.69, 9.17) is 22.4 Å². The fraction of sp³-hybridized carbons (Fsp3) is 0.409. The van der Waals surface area contributed by atoms with Crippen LogP contribution in [0.25, 0.3) is 0 Å². The monoisotopic (exact) mass is 464 g/mol. The van der Waals surface area contributed by atoms with Crippen molar-refractivity contribution in [2.75, 3.05) is 24.5 Å². The van der Waals surface area contributed by atoms with Crippen LogP contribution in [-0.4, -0.2) is 52.7 Å². The number of carbonyl (C=O) groups is 2. The molecule has 2 aliphatic rings. The molecule has 2 amide bonds. The summed E-state index contributed by atoms with van der Waals surface area (Å²) in [4.78, 5) is 31.6. The van der Waals surface area contributed by atoms with E-state index >= 15 is 0 Å². The van der Waals surface area contributed by atoms with Crippen LogP contribution in [0.2, 0.25) is 5.02 Å². The Labute approximate surface area is 192 Å². The average molecular weight is 465 g/mol. The Morgan fingerprint density at radius 1 is 1.23 bits per heavy atom. The summed E-state index contributed by atoms with van der Waals surface area (Å²) in [6.45, 7) is 1.78. The van der Waals surface area contributed by atoms with Crippen LogP contribution in [-0.2, 0) is 5.41 Å². The van der Waals surface area contributed by atoms with Gasteiger partial charge < -0.3 is 15.7 Å². The van der Waals surface area contributed by atoms with Gasteiger partial charge in [0.1, 0.15) is 5.69 Å². The highest BCUT2D eigenvalue weighted by Crippen LogP contribution is 2.41. The minimum Gasteiger partial charge on any atom is -0.477 e. The fourth-order valence-corrected chi connectivity index (χ4v) is 4.89. The number of benzene rings is 1. The predicted octanol–water partition coefficient (Wildman–Crippen LogP) is 3.94. The van der Waals surface area contributed by atoms with Gasteiger partial charge >= 0.3 is 12.0 Å². The lowest BCUT2D eigenvalue weighted by molar-refractivity contribution is 0.0690. The summed E-state index contributed by atoms with van der Waals surface area (Å²) < 4.78 is 0. The maximum atomic E-state index is 13.0. The largest absolute Gasteiger partial charge is 0.477 e. The van der Waals surface area contributed by atoms with Gasteiger partial charge in [-0.15, -0.1) is 12.4 Å². The van der Waals surface area contributed by atoms with E-state index in [1.165, 1.54) is 17.8 Å². The highest BCUT2D eigenvalue weighted by Gasteiger charge is 2.41. The van der Waals surface area contributed by atoms with Crippen LogP contribution in [0.4, 0.5) is 10.5 Å². The van der Waals surface area contributed by atoms with E-state index in [0.29, 0.717) is 25.3 Å². The number of halogens is 2. The molecular weight excluding hydrogens is 439 g/mol. The molecule has 31 heavy (non-hydrogen) atoms. The van der Waals surface area contributed by atoms with Crippen molar-refractivity contribution in [1.29, 1.82) is 0 Å². The van der Waals surface area contributed by atoms with Gasteiger partial charge in [0, 0.05) is 36.1 Å². The number of pyridine rings is 1. The first kappa shape index (κ1) is 23.3. The third-order valence-corrected chi connectivity index (χ3v) is 6.74. The van der Waals surface area contributed by atoms with Gasteiger partial charge in [0.05, 0.1) is 11.9 Å². The van der Waals surface area contributed by atoms with Crippen molar-refractivity contribution >= 4 is 41.7 Å². The Hall–Kier alpha value is -2.35. The maximum Gasteiger partial charge on any atom is 0.354 e. The van der Waals surface area contributed by atoms with Crippen LogP contribution in [0.15, 0.2) is 42.6 Å². The lowest BCUT2D eigenvalue weighted by atomic mass is 9.68. The van der Waals surface area contributed by atoms with Crippen molar-refractivity contribution in [3.05, 3.63) is 58.9 Å². The smallest absolute Gasteiger partial charge is 0.354 e. The summed E-state index contributed by atoms with van der Waals surface area (Å²) in [6, 6.07) is 11.1. The molecule has 1 aliphatic heterocycles. The van der Waals surface area contributed by atoms with Crippen molar-refractivity contribution in [3.63, 3.8) is 0 Å².